The molecule has 1 aromatic rings. The normalized spacial score (nSPS) is 17.3. The van der Waals surface area contributed by atoms with Crippen molar-refractivity contribution >= 4 is 11.6 Å². The van der Waals surface area contributed by atoms with Gasteiger partial charge in [0.1, 0.15) is 5.75 Å². The minimum Gasteiger partial charge on any atom is -0.493 e. The third-order valence-corrected chi connectivity index (χ3v) is 6.55. The lowest BCUT2D eigenvalue weighted by molar-refractivity contribution is -0.134. The SMILES string of the molecule is CCC(C)[C@H](N)C(=O)N1CCC(N(CCC(C)C)c2ccc(OCC(C)(C)C)cc2)CC1. The van der Waals surface area contributed by atoms with Crippen LogP contribution in [-0.4, -0.2) is 49.1 Å². The zero-order valence-corrected chi connectivity index (χ0v) is 21.6. The van der Waals surface area contributed by atoms with Crippen LogP contribution in [0.4, 0.5) is 5.69 Å². The summed E-state index contributed by atoms with van der Waals surface area (Å²) in [6, 6.07) is 8.62. The van der Waals surface area contributed by atoms with Gasteiger partial charge in [-0.15, -0.1) is 0 Å². The number of nitrogens with two attached hydrogens (primary N) is 1. The highest BCUT2D eigenvalue weighted by molar-refractivity contribution is 5.82. The van der Waals surface area contributed by atoms with E-state index in [0.717, 1.165) is 51.1 Å². The predicted octanol–water partition coefficient (Wildman–Crippen LogP) is 5.33. The van der Waals surface area contributed by atoms with Gasteiger partial charge in [0.25, 0.3) is 0 Å². The number of hydrogen-bond donors (Lipinski definition) is 1. The van der Waals surface area contributed by atoms with Gasteiger partial charge in [-0.05, 0) is 60.8 Å². The summed E-state index contributed by atoms with van der Waals surface area (Å²) >= 11 is 0. The number of anilines is 1. The Balaban J connectivity index is 2.04. The Kier molecular flexibility index (Phi) is 9.87. The second-order valence-electron chi connectivity index (χ2n) is 11.2. The Morgan fingerprint density at radius 3 is 2.25 bits per heavy atom. The molecule has 1 aromatic carbocycles. The van der Waals surface area contributed by atoms with Crippen molar-refractivity contribution in [3.05, 3.63) is 24.3 Å². The molecule has 1 aliphatic heterocycles. The molecule has 182 valence electrons. The fraction of sp³-hybridized carbons (Fsp3) is 0.741. The summed E-state index contributed by atoms with van der Waals surface area (Å²) in [5.74, 6) is 1.92. The second kappa shape index (κ2) is 11.9. The Labute approximate surface area is 196 Å². The molecule has 0 aliphatic carbocycles. The first-order valence-corrected chi connectivity index (χ1v) is 12.6. The molecule has 2 N–H and O–H groups in total. The minimum absolute atomic E-state index is 0.117. The van der Waals surface area contributed by atoms with Crippen LogP contribution in [-0.2, 0) is 4.79 Å². The molecule has 1 aliphatic rings. The molecule has 0 spiro atoms. The Bertz CT molecular complexity index is 688. The van der Waals surface area contributed by atoms with Gasteiger partial charge in [0, 0.05) is 31.4 Å². The van der Waals surface area contributed by atoms with Crippen molar-refractivity contribution in [2.75, 3.05) is 31.1 Å². The smallest absolute Gasteiger partial charge is 0.239 e. The fourth-order valence-corrected chi connectivity index (χ4v) is 4.06. The monoisotopic (exact) mass is 445 g/mol. The first kappa shape index (κ1) is 26.5. The maximum absolute atomic E-state index is 12.8. The van der Waals surface area contributed by atoms with Gasteiger partial charge in [0.05, 0.1) is 12.6 Å². The zero-order valence-electron chi connectivity index (χ0n) is 21.6. The number of ether oxygens (including phenoxy) is 1. The van der Waals surface area contributed by atoms with Gasteiger partial charge in [0.2, 0.25) is 5.91 Å². The molecular formula is C27H47N3O2. The van der Waals surface area contributed by atoms with Gasteiger partial charge < -0.3 is 20.3 Å². The van der Waals surface area contributed by atoms with E-state index >= 15 is 0 Å². The first-order chi connectivity index (χ1) is 15.0. The van der Waals surface area contributed by atoms with Crippen LogP contribution in [0.15, 0.2) is 24.3 Å². The molecule has 1 unspecified atom stereocenters. The van der Waals surface area contributed by atoms with Crippen LogP contribution < -0.4 is 15.4 Å². The Morgan fingerprint density at radius 1 is 1.16 bits per heavy atom. The molecule has 0 bridgehead atoms. The van der Waals surface area contributed by atoms with Crippen LogP contribution in [0.3, 0.4) is 0 Å². The van der Waals surface area contributed by atoms with E-state index in [1.165, 1.54) is 5.69 Å². The van der Waals surface area contributed by atoms with Crippen molar-refractivity contribution in [3.8, 4) is 5.75 Å². The zero-order chi connectivity index (χ0) is 23.9. The van der Waals surface area contributed by atoms with Crippen molar-refractivity contribution in [2.45, 2.75) is 86.2 Å². The standard InChI is InChI=1S/C27H47N3O2/c1-8-21(4)25(28)26(31)29-16-14-23(15-17-29)30(18-13-20(2)3)22-9-11-24(12-10-22)32-19-27(5,6)7/h9-12,20-21,23,25H,8,13-19,28H2,1-7H3/t21?,25-/m0/s1. The summed E-state index contributed by atoms with van der Waals surface area (Å²) in [5, 5.41) is 0. The lowest BCUT2D eigenvalue weighted by atomic mass is 9.96. The summed E-state index contributed by atoms with van der Waals surface area (Å²) in [6.45, 7) is 18.6. The molecule has 1 fully saturated rings. The van der Waals surface area contributed by atoms with E-state index in [4.69, 9.17) is 10.5 Å². The second-order valence-corrected chi connectivity index (χ2v) is 11.2. The molecule has 0 saturated carbocycles. The Morgan fingerprint density at radius 2 is 1.75 bits per heavy atom. The van der Waals surface area contributed by atoms with Crippen molar-refractivity contribution in [3.63, 3.8) is 0 Å². The van der Waals surface area contributed by atoms with Crippen LogP contribution >= 0.6 is 0 Å². The average molecular weight is 446 g/mol. The van der Waals surface area contributed by atoms with Crippen molar-refractivity contribution in [1.29, 1.82) is 0 Å². The molecular weight excluding hydrogens is 398 g/mol. The van der Waals surface area contributed by atoms with Gasteiger partial charge in [0.15, 0.2) is 0 Å². The van der Waals surface area contributed by atoms with Gasteiger partial charge in [-0.1, -0.05) is 54.9 Å². The molecule has 5 nitrogen and oxygen atoms in total. The number of piperidine rings is 1. The molecule has 32 heavy (non-hydrogen) atoms. The average Bonchev–Trinajstić information content (AvgIpc) is 2.76. The summed E-state index contributed by atoms with van der Waals surface area (Å²) in [4.78, 5) is 17.3. The van der Waals surface area contributed by atoms with E-state index in [9.17, 15) is 4.79 Å². The maximum Gasteiger partial charge on any atom is 0.239 e. The first-order valence-electron chi connectivity index (χ1n) is 12.6. The van der Waals surface area contributed by atoms with E-state index < -0.39 is 0 Å². The van der Waals surface area contributed by atoms with Crippen molar-refractivity contribution in [1.82, 2.24) is 4.90 Å². The van der Waals surface area contributed by atoms with Crippen LogP contribution in [0, 0.1) is 17.3 Å². The quantitative estimate of drug-likeness (QED) is 0.529. The van der Waals surface area contributed by atoms with Gasteiger partial charge in [-0.2, -0.15) is 0 Å². The van der Waals surface area contributed by atoms with E-state index in [-0.39, 0.29) is 23.3 Å². The fourth-order valence-electron chi connectivity index (χ4n) is 4.06. The third-order valence-electron chi connectivity index (χ3n) is 6.55. The number of likely N-dealkylation sites (tertiary alicyclic amines) is 1. The maximum atomic E-state index is 12.8. The van der Waals surface area contributed by atoms with Crippen LogP contribution in [0.2, 0.25) is 0 Å². The lowest BCUT2D eigenvalue weighted by Gasteiger charge is -2.41. The summed E-state index contributed by atoms with van der Waals surface area (Å²) < 4.78 is 5.97. The summed E-state index contributed by atoms with van der Waals surface area (Å²) in [6.07, 6.45) is 4.06. The number of hydrogen-bond acceptors (Lipinski definition) is 4. The minimum atomic E-state index is -0.380. The predicted molar refractivity (Wildman–Crippen MR) is 135 cm³/mol. The number of nitrogens with zero attached hydrogens (tertiary/aromatic N) is 2. The van der Waals surface area contributed by atoms with Gasteiger partial charge in [-0.3, -0.25) is 4.79 Å². The molecule has 1 saturated heterocycles. The highest BCUT2D eigenvalue weighted by atomic mass is 16.5. The summed E-state index contributed by atoms with van der Waals surface area (Å²) in [7, 11) is 0. The molecule has 0 aromatic heterocycles. The number of rotatable bonds is 10. The number of benzene rings is 1. The summed E-state index contributed by atoms with van der Waals surface area (Å²) in [5.41, 5.74) is 7.61. The highest BCUT2D eigenvalue weighted by Crippen LogP contribution is 2.28. The van der Waals surface area contributed by atoms with E-state index in [1.54, 1.807) is 0 Å². The van der Waals surface area contributed by atoms with Crippen LogP contribution in [0.25, 0.3) is 0 Å². The topological polar surface area (TPSA) is 58.8 Å². The number of carbonyl (C=O) groups is 1. The molecule has 2 atom stereocenters. The molecule has 5 heteroatoms. The number of amides is 1. The molecule has 0 radical (unpaired) electrons. The van der Waals surface area contributed by atoms with Crippen LogP contribution in [0.1, 0.15) is 74.1 Å². The van der Waals surface area contributed by atoms with Crippen LogP contribution in [0.5, 0.6) is 5.75 Å². The number of carbonyl (C=O) groups excluding carboxylic acids is 1. The van der Waals surface area contributed by atoms with Crippen molar-refractivity contribution in [2.24, 2.45) is 23.0 Å². The van der Waals surface area contributed by atoms with Gasteiger partial charge >= 0.3 is 0 Å². The van der Waals surface area contributed by atoms with E-state index in [2.05, 4.69) is 77.6 Å². The van der Waals surface area contributed by atoms with Gasteiger partial charge in [-0.25, -0.2) is 0 Å². The largest absolute Gasteiger partial charge is 0.493 e. The molecule has 1 heterocycles. The van der Waals surface area contributed by atoms with Crippen molar-refractivity contribution < 1.29 is 9.53 Å². The van der Waals surface area contributed by atoms with E-state index in [1.807, 2.05) is 4.90 Å². The Hall–Kier alpha value is -1.75. The molecule has 2 rings (SSSR count). The third kappa shape index (κ3) is 7.99. The lowest BCUT2D eigenvalue weighted by Crippen LogP contribution is -2.52. The molecule has 1 amide bonds. The van der Waals surface area contributed by atoms with E-state index in [0.29, 0.717) is 18.6 Å². The highest BCUT2D eigenvalue weighted by Gasteiger charge is 2.31.